The van der Waals surface area contributed by atoms with Crippen LogP contribution in [-0.4, -0.2) is 37.8 Å². The summed E-state index contributed by atoms with van der Waals surface area (Å²) in [5.41, 5.74) is 4.08. The predicted molar refractivity (Wildman–Crippen MR) is 137 cm³/mol. The maximum atomic E-state index is 13.3. The highest BCUT2D eigenvalue weighted by Crippen LogP contribution is 2.17. The minimum atomic E-state index is -0.206. The van der Waals surface area contributed by atoms with Gasteiger partial charge in [0.1, 0.15) is 10.7 Å². The van der Waals surface area contributed by atoms with Crippen LogP contribution in [0, 0.1) is 6.92 Å². The molecule has 2 amide bonds. The van der Waals surface area contributed by atoms with Crippen LogP contribution in [0.4, 0.5) is 0 Å². The molecule has 0 saturated carbocycles. The maximum Gasteiger partial charge on any atom is 0.271 e. The van der Waals surface area contributed by atoms with Crippen molar-refractivity contribution in [2.45, 2.75) is 39.9 Å². The molecule has 7 nitrogen and oxygen atoms in total. The van der Waals surface area contributed by atoms with Crippen molar-refractivity contribution >= 4 is 23.2 Å². The predicted octanol–water partition coefficient (Wildman–Crippen LogP) is 4.68. The normalized spacial score (nSPS) is 10.8. The summed E-state index contributed by atoms with van der Waals surface area (Å²) in [5.74, 6) is -0.165. The SMILES string of the molecule is CCCN(Cc1cccn1Cc1nc(C(=O)NCc2cccnc2)cs1)C(=O)c1ccccc1C. The Morgan fingerprint density at radius 2 is 1.97 bits per heavy atom. The molecule has 4 rings (SSSR count). The number of aryl methyl sites for hydroxylation is 1. The van der Waals surface area contributed by atoms with Gasteiger partial charge >= 0.3 is 0 Å². The van der Waals surface area contributed by atoms with Crippen molar-refractivity contribution < 1.29 is 9.59 Å². The number of nitrogens with zero attached hydrogens (tertiary/aromatic N) is 4. The van der Waals surface area contributed by atoms with Gasteiger partial charge in [-0.15, -0.1) is 11.3 Å². The molecule has 4 aromatic rings. The number of hydrogen-bond acceptors (Lipinski definition) is 5. The number of carbonyl (C=O) groups excluding carboxylic acids is 2. The second-order valence-electron chi connectivity index (χ2n) is 8.34. The molecule has 180 valence electrons. The summed E-state index contributed by atoms with van der Waals surface area (Å²) >= 11 is 1.46. The lowest BCUT2D eigenvalue weighted by molar-refractivity contribution is 0.0738. The fourth-order valence-corrected chi connectivity index (χ4v) is 4.63. The summed E-state index contributed by atoms with van der Waals surface area (Å²) in [6, 6.07) is 15.5. The molecular weight excluding hydrogens is 458 g/mol. The second-order valence-corrected chi connectivity index (χ2v) is 9.28. The van der Waals surface area contributed by atoms with Gasteiger partial charge in [0, 0.05) is 48.3 Å². The standard InChI is InChI=1S/C27H29N5O2S/c1-3-13-32(27(34)23-11-5-4-8-20(23)2)17-22-10-7-14-31(22)18-25-30-24(19-35-25)26(33)29-16-21-9-6-12-28-15-21/h4-12,14-15,19H,3,13,16-18H2,1-2H3,(H,29,33). The summed E-state index contributed by atoms with van der Waals surface area (Å²) in [6.07, 6.45) is 6.29. The summed E-state index contributed by atoms with van der Waals surface area (Å²) in [6.45, 7) is 6.18. The van der Waals surface area contributed by atoms with Gasteiger partial charge < -0.3 is 14.8 Å². The number of pyridine rings is 1. The number of rotatable bonds is 10. The Morgan fingerprint density at radius 1 is 1.11 bits per heavy atom. The number of benzene rings is 1. The summed E-state index contributed by atoms with van der Waals surface area (Å²) in [4.78, 5) is 36.3. The van der Waals surface area contributed by atoms with E-state index in [1.54, 1.807) is 17.8 Å². The van der Waals surface area contributed by atoms with E-state index < -0.39 is 0 Å². The lowest BCUT2D eigenvalue weighted by Gasteiger charge is -2.24. The van der Waals surface area contributed by atoms with Crippen LogP contribution in [-0.2, 0) is 19.6 Å². The number of amides is 2. The number of aromatic nitrogens is 3. The van der Waals surface area contributed by atoms with Gasteiger partial charge in [-0.05, 0) is 48.7 Å². The van der Waals surface area contributed by atoms with Crippen molar-refractivity contribution in [3.05, 3.63) is 106 Å². The van der Waals surface area contributed by atoms with Crippen molar-refractivity contribution in [1.82, 2.24) is 24.8 Å². The van der Waals surface area contributed by atoms with Gasteiger partial charge in [-0.1, -0.05) is 31.2 Å². The number of thiazole rings is 1. The molecule has 0 radical (unpaired) electrons. The second kappa shape index (κ2) is 11.6. The number of hydrogen-bond donors (Lipinski definition) is 1. The Hall–Kier alpha value is -3.78. The highest BCUT2D eigenvalue weighted by atomic mass is 32.1. The van der Waals surface area contributed by atoms with Crippen molar-refractivity contribution in [1.29, 1.82) is 0 Å². The molecule has 0 bridgehead atoms. The van der Waals surface area contributed by atoms with Gasteiger partial charge in [0.05, 0.1) is 13.1 Å². The number of nitrogens with one attached hydrogen (secondary N) is 1. The van der Waals surface area contributed by atoms with E-state index in [-0.39, 0.29) is 11.8 Å². The molecule has 0 aliphatic carbocycles. The first-order chi connectivity index (χ1) is 17.0. The van der Waals surface area contributed by atoms with Crippen LogP contribution in [0.3, 0.4) is 0 Å². The zero-order valence-electron chi connectivity index (χ0n) is 20.0. The van der Waals surface area contributed by atoms with Gasteiger partial charge in [0.15, 0.2) is 0 Å². The quantitative estimate of drug-likeness (QED) is 0.352. The van der Waals surface area contributed by atoms with E-state index in [1.807, 2.05) is 66.6 Å². The van der Waals surface area contributed by atoms with E-state index in [1.165, 1.54) is 11.3 Å². The molecule has 0 atom stereocenters. The third kappa shape index (κ3) is 6.22. The van der Waals surface area contributed by atoms with Gasteiger partial charge in [0.2, 0.25) is 0 Å². The molecule has 0 saturated heterocycles. The van der Waals surface area contributed by atoms with Crippen LogP contribution >= 0.6 is 11.3 Å². The molecule has 0 aliphatic rings. The van der Waals surface area contributed by atoms with Crippen molar-refractivity contribution in [2.24, 2.45) is 0 Å². The maximum absolute atomic E-state index is 13.3. The van der Waals surface area contributed by atoms with E-state index in [9.17, 15) is 9.59 Å². The molecule has 0 unspecified atom stereocenters. The summed E-state index contributed by atoms with van der Waals surface area (Å²) in [7, 11) is 0. The average Bonchev–Trinajstić information content (AvgIpc) is 3.53. The molecule has 1 aromatic carbocycles. The Kier molecular flexibility index (Phi) is 8.05. The number of carbonyl (C=O) groups is 2. The van der Waals surface area contributed by atoms with Crippen molar-refractivity contribution in [2.75, 3.05) is 6.54 Å². The zero-order chi connectivity index (χ0) is 24.6. The molecule has 1 N–H and O–H groups in total. The first-order valence-corrected chi connectivity index (χ1v) is 12.5. The minimum absolute atomic E-state index is 0.0412. The monoisotopic (exact) mass is 487 g/mol. The molecule has 3 heterocycles. The van der Waals surface area contributed by atoms with Crippen molar-refractivity contribution in [3.8, 4) is 0 Å². The van der Waals surface area contributed by atoms with Crippen LogP contribution in [0.5, 0.6) is 0 Å². The van der Waals surface area contributed by atoms with Gasteiger partial charge in [-0.25, -0.2) is 4.98 Å². The molecule has 8 heteroatoms. The third-order valence-corrected chi connectivity index (χ3v) is 6.53. The van der Waals surface area contributed by atoms with Gasteiger partial charge in [0.25, 0.3) is 11.8 Å². The first-order valence-electron chi connectivity index (χ1n) is 11.7. The Balaban J connectivity index is 1.42. The molecule has 0 aliphatic heterocycles. The van der Waals surface area contributed by atoms with E-state index >= 15 is 0 Å². The van der Waals surface area contributed by atoms with E-state index in [0.29, 0.717) is 31.9 Å². The zero-order valence-corrected chi connectivity index (χ0v) is 20.8. The fraction of sp³-hybridized carbons (Fsp3) is 0.259. The Morgan fingerprint density at radius 3 is 2.74 bits per heavy atom. The van der Waals surface area contributed by atoms with Gasteiger partial charge in [-0.3, -0.25) is 14.6 Å². The first kappa shape index (κ1) is 24.3. The van der Waals surface area contributed by atoms with Crippen molar-refractivity contribution in [3.63, 3.8) is 0 Å². The fourth-order valence-electron chi connectivity index (χ4n) is 3.86. The smallest absolute Gasteiger partial charge is 0.271 e. The largest absolute Gasteiger partial charge is 0.347 e. The van der Waals surface area contributed by atoms with Crippen LogP contribution in [0.2, 0.25) is 0 Å². The molecule has 0 fully saturated rings. The summed E-state index contributed by atoms with van der Waals surface area (Å²) in [5, 5.41) is 5.50. The van der Waals surface area contributed by atoms with Crippen LogP contribution in [0.15, 0.2) is 72.5 Å². The van der Waals surface area contributed by atoms with E-state index in [0.717, 1.165) is 33.8 Å². The molecule has 35 heavy (non-hydrogen) atoms. The topological polar surface area (TPSA) is 80.1 Å². The highest BCUT2D eigenvalue weighted by Gasteiger charge is 2.19. The van der Waals surface area contributed by atoms with Gasteiger partial charge in [-0.2, -0.15) is 0 Å². The third-order valence-electron chi connectivity index (χ3n) is 5.70. The van der Waals surface area contributed by atoms with Crippen LogP contribution in [0.1, 0.15) is 56.0 Å². The van der Waals surface area contributed by atoms with Crippen LogP contribution in [0.25, 0.3) is 0 Å². The average molecular weight is 488 g/mol. The molecular formula is C27H29N5O2S. The van der Waals surface area contributed by atoms with E-state index in [2.05, 4.69) is 26.8 Å². The Labute approximate surface area is 209 Å². The highest BCUT2D eigenvalue weighted by molar-refractivity contribution is 7.09. The molecule has 0 spiro atoms. The Bertz CT molecular complexity index is 1280. The molecule has 3 aromatic heterocycles. The minimum Gasteiger partial charge on any atom is -0.347 e. The lowest BCUT2D eigenvalue weighted by atomic mass is 10.1. The summed E-state index contributed by atoms with van der Waals surface area (Å²) < 4.78 is 2.09. The van der Waals surface area contributed by atoms with E-state index in [4.69, 9.17) is 0 Å². The van der Waals surface area contributed by atoms with Crippen LogP contribution < -0.4 is 5.32 Å². The lowest BCUT2D eigenvalue weighted by Crippen LogP contribution is -2.32.